The lowest BCUT2D eigenvalue weighted by Gasteiger charge is -2.29. The van der Waals surface area contributed by atoms with E-state index in [2.05, 4.69) is 22.1 Å². The van der Waals surface area contributed by atoms with E-state index in [1.807, 2.05) is 13.8 Å². The summed E-state index contributed by atoms with van der Waals surface area (Å²) in [5, 5.41) is 11.5. The van der Waals surface area contributed by atoms with Crippen LogP contribution in [0.25, 0.3) is 0 Å². The zero-order valence-corrected chi connectivity index (χ0v) is 16.2. The monoisotopic (exact) mass is 390 g/mol. The fourth-order valence-corrected chi connectivity index (χ4v) is 6.24. The first kappa shape index (κ1) is 19.2. The van der Waals surface area contributed by atoms with Gasteiger partial charge in [0.1, 0.15) is 0 Å². The van der Waals surface area contributed by atoms with Crippen LogP contribution in [0.3, 0.4) is 0 Å². The Morgan fingerprint density at radius 3 is 2.92 bits per heavy atom. The smallest absolute Gasteiger partial charge is 0.236 e. The van der Waals surface area contributed by atoms with Gasteiger partial charge in [0.15, 0.2) is 14.2 Å². The van der Waals surface area contributed by atoms with Crippen LogP contribution in [-0.4, -0.2) is 65.3 Å². The molecule has 24 heavy (non-hydrogen) atoms. The summed E-state index contributed by atoms with van der Waals surface area (Å²) in [6.07, 6.45) is 2.25. The highest BCUT2D eigenvalue weighted by atomic mass is 32.2. The number of aromatic nitrogens is 2. The van der Waals surface area contributed by atoms with Crippen LogP contribution in [0.1, 0.15) is 20.3 Å². The highest BCUT2D eigenvalue weighted by Gasteiger charge is 2.35. The minimum absolute atomic E-state index is 0.0552. The van der Waals surface area contributed by atoms with Crippen molar-refractivity contribution in [2.24, 2.45) is 0 Å². The maximum absolute atomic E-state index is 12.7. The van der Waals surface area contributed by atoms with E-state index >= 15 is 0 Å². The summed E-state index contributed by atoms with van der Waals surface area (Å²) in [4.78, 5) is 14.4. The Morgan fingerprint density at radius 2 is 2.33 bits per heavy atom. The molecular weight excluding hydrogens is 368 g/mol. The third-order valence-corrected chi connectivity index (χ3v) is 7.51. The van der Waals surface area contributed by atoms with Crippen molar-refractivity contribution in [2.45, 2.75) is 35.9 Å². The fourth-order valence-electron chi connectivity index (χ4n) is 2.54. The zero-order chi connectivity index (χ0) is 17.7. The molecule has 2 rings (SSSR count). The maximum atomic E-state index is 12.7. The molecule has 1 aliphatic rings. The first-order valence-electron chi connectivity index (χ1n) is 7.72. The van der Waals surface area contributed by atoms with Crippen LogP contribution in [-0.2, 0) is 14.6 Å². The van der Waals surface area contributed by atoms with Crippen molar-refractivity contribution in [3.8, 4) is 0 Å². The molecule has 1 fully saturated rings. The molecular formula is C14H22N4O3S3. The molecule has 7 nitrogen and oxygen atoms in total. The summed E-state index contributed by atoms with van der Waals surface area (Å²) in [5.41, 5.74) is 0. The molecule has 10 heteroatoms. The van der Waals surface area contributed by atoms with Gasteiger partial charge in [-0.05, 0) is 20.3 Å². The molecule has 1 aromatic rings. The number of carbonyl (C=O) groups excluding carboxylic acids is 1. The van der Waals surface area contributed by atoms with Crippen molar-refractivity contribution in [3.63, 3.8) is 0 Å². The van der Waals surface area contributed by atoms with Crippen molar-refractivity contribution in [3.05, 3.63) is 12.7 Å². The zero-order valence-electron chi connectivity index (χ0n) is 13.8. The van der Waals surface area contributed by atoms with E-state index in [9.17, 15) is 13.2 Å². The van der Waals surface area contributed by atoms with E-state index < -0.39 is 9.84 Å². The SMILES string of the molecule is C=CCNc1nnc(SC(C)C(=O)N(CC)C2CCS(=O)(=O)C2)s1. The van der Waals surface area contributed by atoms with Crippen LogP contribution >= 0.6 is 23.1 Å². The van der Waals surface area contributed by atoms with Crippen LogP contribution in [0.5, 0.6) is 0 Å². The van der Waals surface area contributed by atoms with Gasteiger partial charge in [-0.25, -0.2) is 8.42 Å². The number of amides is 1. The van der Waals surface area contributed by atoms with Crippen molar-refractivity contribution in [1.29, 1.82) is 0 Å². The molecule has 1 saturated heterocycles. The number of thioether (sulfide) groups is 1. The van der Waals surface area contributed by atoms with Gasteiger partial charge >= 0.3 is 0 Å². The van der Waals surface area contributed by atoms with E-state index in [0.29, 0.717) is 29.0 Å². The molecule has 2 atom stereocenters. The van der Waals surface area contributed by atoms with Crippen LogP contribution in [0.4, 0.5) is 5.13 Å². The Kier molecular flexibility index (Phi) is 6.64. The summed E-state index contributed by atoms with van der Waals surface area (Å²) < 4.78 is 24.0. The predicted octanol–water partition coefficient (Wildman–Crippen LogP) is 1.65. The lowest BCUT2D eigenvalue weighted by Crippen LogP contribution is -2.44. The number of sulfone groups is 1. The van der Waals surface area contributed by atoms with E-state index in [1.165, 1.54) is 23.1 Å². The van der Waals surface area contributed by atoms with Crippen LogP contribution in [0, 0.1) is 0 Å². The summed E-state index contributed by atoms with van der Waals surface area (Å²) in [5.74, 6) is 0.177. The molecule has 0 aromatic carbocycles. The first-order valence-corrected chi connectivity index (χ1v) is 11.2. The van der Waals surface area contributed by atoms with E-state index in [-0.39, 0.29) is 28.7 Å². The number of carbonyl (C=O) groups is 1. The summed E-state index contributed by atoms with van der Waals surface area (Å²) in [7, 11) is -3.01. The second-order valence-corrected chi connectivity index (χ2v) is 10.3. The third-order valence-electron chi connectivity index (χ3n) is 3.70. The normalized spacial score (nSPS) is 20.5. The van der Waals surface area contributed by atoms with Crippen molar-refractivity contribution >= 4 is 44.0 Å². The average Bonchev–Trinajstić information content (AvgIpc) is 3.12. The quantitative estimate of drug-likeness (QED) is 0.533. The molecule has 1 aliphatic heterocycles. The Morgan fingerprint density at radius 1 is 1.58 bits per heavy atom. The van der Waals surface area contributed by atoms with Crippen molar-refractivity contribution in [1.82, 2.24) is 15.1 Å². The van der Waals surface area contributed by atoms with Gasteiger partial charge in [0, 0.05) is 19.1 Å². The standard InChI is InChI=1S/C14H22N4O3S3/c1-4-7-15-13-16-17-14(23-13)22-10(3)12(19)18(5-2)11-6-8-24(20,21)9-11/h4,10-11H,1,5-9H2,2-3H3,(H,15,16). The molecule has 0 saturated carbocycles. The van der Waals surface area contributed by atoms with E-state index in [4.69, 9.17) is 0 Å². The predicted molar refractivity (Wildman–Crippen MR) is 98.4 cm³/mol. The van der Waals surface area contributed by atoms with Gasteiger partial charge in [-0.2, -0.15) is 0 Å². The van der Waals surface area contributed by atoms with Gasteiger partial charge in [-0.15, -0.1) is 16.8 Å². The molecule has 1 N–H and O–H groups in total. The van der Waals surface area contributed by atoms with Gasteiger partial charge in [0.2, 0.25) is 11.0 Å². The number of hydrogen-bond acceptors (Lipinski definition) is 8. The van der Waals surface area contributed by atoms with E-state index in [1.54, 1.807) is 11.0 Å². The molecule has 0 spiro atoms. The second kappa shape index (κ2) is 8.30. The van der Waals surface area contributed by atoms with Gasteiger partial charge in [0.25, 0.3) is 0 Å². The lowest BCUT2D eigenvalue weighted by molar-refractivity contribution is -0.131. The maximum Gasteiger partial charge on any atom is 0.236 e. The average molecular weight is 391 g/mol. The molecule has 1 amide bonds. The van der Waals surface area contributed by atoms with Crippen LogP contribution < -0.4 is 5.32 Å². The lowest BCUT2D eigenvalue weighted by atomic mass is 10.2. The minimum atomic E-state index is -3.01. The van der Waals surface area contributed by atoms with Gasteiger partial charge < -0.3 is 10.2 Å². The number of hydrogen-bond donors (Lipinski definition) is 1. The van der Waals surface area contributed by atoms with E-state index in [0.717, 1.165) is 0 Å². The molecule has 2 unspecified atom stereocenters. The van der Waals surface area contributed by atoms with Crippen molar-refractivity contribution < 1.29 is 13.2 Å². The third kappa shape index (κ3) is 4.93. The Labute approximate surface area is 150 Å². The van der Waals surface area contributed by atoms with Crippen LogP contribution in [0.2, 0.25) is 0 Å². The number of nitrogens with one attached hydrogen (secondary N) is 1. The largest absolute Gasteiger partial charge is 0.357 e. The number of anilines is 1. The topological polar surface area (TPSA) is 92.3 Å². The van der Waals surface area contributed by atoms with Gasteiger partial charge in [-0.3, -0.25) is 4.79 Å². The second-order valence-electron chi connectivity index (χ2n) is 5.48. The highest BCUT2D eigenvalue weighted by Crippen LogP contribution is 2.30. The number of nitrogens with zero attached hydrogens (tertiary/aromatic N) is 3. The highest BCUT2D eigenvalue weighted by molar-refractivity contribution is 8.02. The molecule has 134 valence electrons. The van der Waals surface area contributed by atoms with Gasteiger partial charge in [-0.1, -0.05) is 29.2 Å². The summed E-state index contributed by atoms with van der Waals surface area (Å²) >= 11 is 2.73. The molecule has 1 aromatic heterocycles. The molecule has 0 bridgehead atoms. The van der Waals surface area contributed by atoms with Crippen LogP contribution in [0.15, 0.2) is 17.0 Å². The Balaban J connectivity index is 1.97. The first-order chi connectivity index (χ1) is 11.4. The molecule has 0 aliphatic carbocycles. The van der Waals surface area contributed by atoms with Crippen molar-refractivity contribution in [2.75, 3.05) is 29.9 Å². The summed E-state index contributed by atoms with van der Waals surface area (Å²) in [6.45, 7) is 8.43. The molecule has 2 heterocycles. The van der Waals surface area contributed by atoms with Gasteiger partial charge in [0.05, 0.1) is 16.8 Å². The summed E-state index contributed by atoms with van der Waals surface area (Å²) in [6, 6.07) is -0.213. The fraction of sp³-hybridized carbons (Fsp3) is 0.643. The minimum Gasteiger partial charge on any atom is -0.357 e. The number of rotatable bonds is 8. The Bertz CT molecular complexity index is 689. The Hall–Kier alpha value is -1.13. The molecule has 0 radical (unpaired) electrons.